The van der Waals surface area contributed by atoms with E-state index in [1.807, 2.05) is 31.2 Å². The van der Waals surface area contributed by atoms with Crippen molar-refractivity contribution in [3.8, 4) is 0 Å². The molecule has 0 aromatic heterocycles. The van der Waals surface area contributed by atoms with E-state index >= 15 is 0 Å². The molecule has 1 aliphatic heterocycles. The molecule has 2 rings (SSSR count). The molecule has 0 bridgehead atoms. The highest BCUT2D eigenvalue weighted by Crippen LogP contribution is 2.31. The highest BCUT2D eigenvalue weighted by Gasteiger charge is 2.38. The van der Waals surface area contributed by atoms with Crippen LogP contribution in [0.25, 0.3) is 0 Å². The Kier molecular flexibility index (Phi) is 5.01. The van der Waals surface area contributed by atoms with Crippen LogP contribution >= 0.6 is 15.9 Å². The summed E-state index contributed by atoms with van der Waals surface area (Å²) >= 11 is 3.36. The summed E-state index contributed by atoms with van der Waals surface area (Å²) in [6.07, 6.45) is 0.744. The van der Waals surface area contributed by atoms with E-state index in [9.17, 15) is 9.59 Å². The molecule has 0 aliphatic carbocycles. The van der Waals surface area contributed by atoms with Gasteiger partial charge >= 0.3 is 12.0 Å². The zero-order valence-electron chi connectivity index (χ0n) is 11.7. The minimum absolute atomic E-state index is 0.351. The molecule has 2 amide bonds. The zero-order valence-corrected chi connectivity index (χ0v) is 13.3. The number of urea groups is 1. The van der Waals surface area contributed by atoms with Gasteiger partial charge in [-0.3, -0.25) is 4.79 Å². The lowest BCUT2D eigenvalue weighted by Gasteiger charge is -2.33. The van der Waals surface area contributed by atoms with Crippen molar-refractivity contribution in [1.82, 2.24) is 10.6 Å². The SMILES string of the molecule is C=C1NC(=O)N[C@H](c2ccc(Br)cc2)[C@H]1C(=O)OCCC. The number of benzene rings is 1. The predicted molar refractivity (Wildman–Crippen MR) is 82.4 cm³/mol. The van der Waals surface area contributed by atoms with E-state index in [1.54, 1.807) is 0 Å². The largest absolute Gasteiger partial charge is 0.465 e. The standard InChI is InChI=1S/C15H17BrN2O3/c1-3-8-21-14(19)12-9(2)17-15(20)18-13(12)10-4-6-11(16)7-5-10/h4-7,12-13H,2-3,8H2,1H3,(H2,17,18,20)/t12-,13+/m0/s1. The van der Waals surface area contributed by atoms with Gasteiger partial charge in [-0.1, -0.05) is 41.6 Å². The Hall–Kier alpha value is -1.82. The molecule has 1 aromatic rings. The van der Waals surface area contributed by atoms with Gasteiger partial charge in [-0.05, 0) is 24.1 Å². The molecular weight excluding hydrogens is 336 g/mol. The summed E-state index contributed by atoms with van der Waals surface area (Å²) in [6.45, 7) is 6.06. The summed E-state index contributed by atoms with van der Waals surface area (Å²) in [7, 11) is 0. The van der Waals surface area contributed by atoms with E-state index in [-0.39, 0.29) is 12.0 Å². The highest BCUT2D eigenvalue weighted by molar-refractivity contribution is 9.10. The molecule has 0 radical (unpaired) electrons. The molecule has 1 fully saturated rings. The fraction of sp³-hybridized carbons (Fsp3) is 0.333. The van der Waals surface area contributed by atoms with Crippen LogP contribution in [0.15, 0.2) is 41.0 Å². The Labute approximate surface area is 131 Å². The van der Waals surface area contributed by atoms with Gasteiger partial charge in [-0.25, -0.2) is 4.79 Å². The molecule has 2 atom stereocenters. The topological polar surface area (TPSA) is 67.4 Å². The molecule has 1 saturated heterocycles. The van der Waals surface area contributed by atoms with Gasteiger partial charge in [-0.15, -0.1) is 0 Å². The van der Waals surface area contributed by atoms with Crippen LogP contribution in [0.3, 0.4) is 0 Å². The van der Waals surface area contributed by atoms with Crippen LogP contribution < -0.4 is 10.6 Å². The number of amides is 2. The van der Waals surface area contributed by atoms with E-state index in [1.165, 1.54) is 0 Å². The van der Waals surface area contributed by atoms with Crippen molar-refractivity contribution >= 4 is 27.9 Å². The zero-order chi connectivity index (χ0) is 15.4. The molecule has 21 heavy (non-hydrogen) atoms. The third kappa shape index (κ3) is 3.64. The number of ether oxygens (including phenoxy) is 1. The van der Waals surface area contributed by atoms with Crippen LogP contribution in [-0.2, 0) is 9.53 Å². The predicted octanol–water partition coefficient (Wildman–Crippen LogP) is 2.89. The Morgan fingerprint density at radius 2 is 2.05 bits per heavy atom. The first-order valence-electron chi connectivity index (χ1n) is 6.71. The number of nitrogens with one attached hydrogen (secondary N) is 2. The van der Waals surface area contributed by atoms with Gasteiger partial charge in [0.15, 0.2) is 0 Å². The van der Waals surface area contributed by atoms with Gasteiger partial charge in [-0.2, -0.15) is 0 Å². The summed E-state index contributed by atoms with van der Waals surface area (Å²) in [5, 5.41) is 5.31. The fourth-order valence-electron chi connectivity index (χ4n) is 2.20. The number of carbonyl (C=O) groups excluding carboxylic acids is 2. The lowest BCUT2D eigenvalue weighted by atomic mass is 9.89. The average Bonchev–Trinajstić information content (AvgIpc) is 2.44. The molecule has 0 unspecified atom stereocenters. The number of hydrogen-bond donors (Lipinski definition) is 2. The number of esters is 1. The van der Waals surface area contributed by atoms with E-state index in [2.05, 4.69) is 33.1 Å². The Morgan fingerprint density at radius 3 is 2.67 bits per heavy atom. The Bertz CT molecular complexity index is 557. The number of hydrogen-bond acceptors (Lipinski definition) is 3. The van der Waals surface area contributed by atoms with Crippen LogP contribution in [0, 0.1) is 5.92 Å². The van der Waals surface area contributed by atoms with Crippen molar-refractivity contribution in [2.75, 3.05) is 6.61 Å². The Morgan fingerprint density at radius 1 is 1.38 bits per heavy atom. The first-order chi connectivity index (χ1) is 10.0. The summed E-state index contributed by atoms with van der Waals surface area (Å²) < 4.78 is 6.14. The summed E-state index contributed by atoms with van der Waals surface area (Å²) in [5.41, 5.74) is 1.18. The van der Waals surface area contributed by atoms with Crippen molar-refractivity contribution < 1.29 is 14.3 Å². The maximum Gasteiger partial charge on any atom is 0.319 e. The molecule has 5 nitrogen and oxygen atoms in total. The first-order valence-corrected chi connectivity index (χ1v) is 7.50. The van der Waals surface area contributed by atoms with Crippen LogP contribution in [-0.4, -0.2) is 18.6 Å². The van der Waals surface area contributed by atoms with Gasteiger partial charge in [0.2, 0.25) is 0 Å². The second-order valence-electron chi connectivity index (χ2n) is 4.80. The molecule has 1 aromatic carbocycles. The molecule has 2 N–H and O–H groups in total. The summed E-state index contributed by atoms with van der Waals surface area (Å²) in [4.78, 5) is 23.9. The number of rotatable bonds is 4. The molecule has 1 aliphatic rings. The maximum atomic E-state index is 12.2. The van der Waals surface area contributed by atoms with Gasteiger partial charge in [0, 0.05) is 10.2 Å². The maximum absolute atomic E-state index is 12.2. The minimum Gasteiger partial charge on any atom is -0.465 e. The molecule has 6 heteroatoms. The normalized spacial score (nSPS) is 21.4. The highest BCUT2D eigenvalue weighted by atomic mass is 79.9. The van der Waals surface area contributed by atoms with Crippen LogP contribution in [0.1, 0.15) is 24.9 Å². The average molecular weight is 353 g/mol. The minimum atomic E-state index is -0.643. The molecule has 112 valence electrons. The molecule has 0 spiro atoms. The fourth-order valence-corrected chi connectivity index (χ4v) is 2.47. The van der Waals surface area contributed by atoms with Crippen LogP contribution in [0.2, 0.25) is 0 Å². The van der Waals surface area contributed by atoms with Crippen molar-refractivity contribution in [2.45, 2.75) is 19.4 Å². The van der Waals surface area contributed by atoms with E-state index in [4.69, 9.17) is 4.74 Å². The Balaban J connectivity index is 2.28. The third-order valence-electron chi connectivity index (χ3n) is 3.20. The lowest BCUT2D eigenvalue weighted by molar-refractivity contribution is -0.148. The van der Waals surface area contributed by atoms with Crippen LogP contribution in [0.5, 0.6) is 0 Å². The van der Waals surface area contributed by atoms with Gasteiger partial charge in [0.25, 0.3) is 0 Å². The second-order valence-corrected chi connectivity index (χ2v) is 5.71. The van der Waals surface area contributed by atoms with Gasteiger partial charge < -0.3 is 15.4 Å². The first kappa shape index (κ1) is 15.6. The van der Waals surface area contributed by atoms with Crippen LogP contribution in [0.4, 0.5) is 4.79 Å². The summed E-state index contributed by atoms with van der Waals surface area (Å²) in [5.74, 6) is -1.03. The van der Waals surface area contributed by atoms with Crippen molar-refractivity contribution in [3.63, 3.8) is 0 Å². The number of halogens is 1. The van der Waals surface area contributed by atoms with E-state index < -0.39 is 12.0 Å². The molecule has 0 saturated carbocycles. The van der Waals surface area contributed by atoms with Crippen molar-refractivity contribution in [2.24, 2.45) is 5.92 Å². The smallest absolute Gasteiger partial charge is 0.319 e. The van der Waals surface area contributed by atoms with E-state index in [0.29, 0.717) is 12.3 Å². The molecule has 1 heterocycles. The summed E-state index contributed by atoms with van der Waals surface area (Å²) in [6, 6.07) is 6.58. The monoisotopic (exact) mass is 352 g/mol. The molecular formula is C15H17BrN2O3. The van der Waals surface area contributed by atoms with Gasteiger partial charge in [0.05, 0.1) is 12.6 Å². The quantitative estimate of drug-likeness (QED) is 0.818. The van der Waals surface area contributed by atoms with Crippen molar-refractivity contribution in [3.05, 3.63) is 46.6 Å². The number of carbonyl (C=O) groups is 2. The van der Waals surface area contributed by atoms with Gasteiger partial charge in [0.1, 0.15) is 5.92 Å². The second kappa shape index (κ2) is 6.76. The van der Waals surface area contributed by atoms with Crippen molar-refractivity contribution in [1.29, 1.82) is 0 Å². The lowest BCUT2D eigenvalue weighted by Crippen LogP contribution is -2.51. The third-order valence-corrected chi connectivity index (χ3v) is 3.73. The van der Waals surface area contributed by atoms with E-state index in [0.717, 1.165) is 16.5 Å².